The lowest BCUT2D eigenvalue weighted by Crippen LogP contribution is -2.27. The van der Waals surface area contributed by atoms with Crippen molar-refractivity contribution in [1.29, 1.82) is 0 Å². The van der Waals surface area contributed by atoms with E-state index in [1.807, 2.05) is 0 Å². The van der Waals surface area contributed by atoms with Gasteiger partial charge in [-0.2, -0.15) is 0 Å². The lowest BCUT2D eigenvalue weighted by atomic mass is 10.2. The minimum atomic E-state index is -3.66. The second kappa shape index (κ2) is 6.67. The van der Waals surface area contributed by atoms with Gasteiger partial charge in [-0.05, 0) is 43.3 Å². The third-order valence-corrected chi connectivity index (χ3v) is 4.50. The number of aromatic nitrogens is 1. The molecule has 0 radical (unpaired) electrons. The molecule has 0 aliphatic heterocycles. The number of hydrogen-bond acceptors (Lipinski definition) is 4. The van der Waals surface area contributed by atoms with E-state index in [0.29, 0.717) is 11.4 Å². The maximum absolute atomic E-state index is 12.3. The Labute approximate surface area is 129 Å². The van der Waals surface area contributed by atoms with Gasteiger partial charge in [-0.1, -0.05) is 6.07 Å². The van der Waals surface area contributed by atoms with Gasteiger partial charge in [0.1, 0.15) is 0 Å². The molecule has 1 aromatic heterocycles. The standard InChI is InChI=1S/C15H17N3O3S/c1-11(15-5-3-4-10-16-15)18-22(20,21)14-8-6-13(7-9-14)17-12(2)19/h3-11,18H,1-2H3,(H,17,19)/t11-/m1/s1. The third kappa shape index (κ3) is 4.12. The van der Waals surface area contributed by atoms with Crippen molar-refractivity contribution in [2.24, 2.45) is 0 Å². The van der Waals surface area contributed by atoms with Crippen LogP contribution in [0.2, 0.25) is 0 Å². The van der Waals surface area contributed by atoms with Crippen LogP contribution in [0.1, 0.15) is 25.6 Å². The second-order valence-electron chi connectivity index (χ2n) is 4.80. The first-order valence-corrected chi connectivity index (χ1v) is 8.18. The van der Waals surface area contributed by atoms with Gasteiger partial charge in [-0.15, -0.1) is 0 Å². The number of pyridine rings is 1. The highest BCUT2D eigenvalue weighted by Crippen LogP contribution is 2.17. The number of anilines is 1. The Kier molecular flexibility index (Phi) is 4.89. The predicted octanol–water partition coefficient (Wildman–Crippen LogP) is 2.08. The Morgan fingerprint density at radius 3 is 2.36 bits per heavy atom. The van der Waals surface area contributed by atoms with Gasteiger partial charge < -0.3 is 5.32 Å². The number of nitrogens with zero attached hydrogens (tertiary/aromatic N) is 1. The van der Waals surface area contributed by atoms with Crippen LogP contribution in [0.3, 0.4) is 0 Å². The van der Waals surface area contributed by atoms with Crippen LogP contribution in [0.25, 0.3) is 0 Å². The summed E-state index contributed by atoms with van der Waals surface area (Å²) in [5.41, 5.74) is 1.19. The molecule has 2 rings (SSSR count). The largest absolute Gasteiger partial charge is 0.326 e. The molecule has 0 aliphatic carbocycles. The van der Waals surface area contributed by atoms with E-state index >= 15 is 0 Å². The number of nitrogens with one attached hydrogen (secondary N) is 2. The van der Waals surface area contributed by atoms with Crippen LogP contribution in [-0.4, -0.2) is 19.3 Å². The number of rotatable bonds is 5. The molecule has 6 nitrogen and oxygen atoms in total. The van der Waals surface area contributed by atoms with Crippen molar-refractivity contribution in [2.75, 3.05) is 5.32 Å². The van der Waals surface area contributed by atoms with E-state index in [9.17, 15) is 13.2 Å². The zero-order valence-corrected chi connectivity index (χ0v) is 13.1. The smallest absolute Gasteiger partial charge is 0.241 e. The molecule has 0 fully saturated rings. The molecule has 1 amide bonds. The minimum Gasteiger partial charge on any atom is -0.326 e. The highest BCUT2D eigenvalue weighted by atomic mass is 32.2. The van der Waals surface area contributed by atoms with Gasteiger partial charge in [0.2, 0.25) is 15.9 Å². The molecule has 0 spiro atoms. The van der Waals surface area contributed by atoms with E-state index in [-0.39, 0.29) is 10.8 Å². The third-order valence-electron chi connectivity index (χ3n) is 2.95. The fraction of sp³-hybridized carbons (Fsp3) is 0.200. The lowest BCUT2D eigenvalue weighted by molar-refractivity contribution is -0.114. The minimum absolute atomic E-state index is 0.129. The first kappa shape index (κ1) is 16.1. The number of amides is 1. The Morgan fingerprint density at radius 2 is 1.82 bits per heavy atom. The van der Waals surface area contributed by atoms with Crippen LogP contribution in [-0.2, 0) is 14.8 Å². The van der Waals surface area contributed by atoms with Crippen molar-refractivity contribution in [3.8, 4) is 0 Å². The highest BCUT2D eigenvalue weighted by molar-refractivity contribution is 7.89. The average Bonchev–Trinajstić information content (AvgIpc) is 2.47. The van der Waals surface area contributed by atoms with Crippen LogP contribution in [0.15, 0.2) is 53.6 Å². The van der Waals surface area contributed by atoms with Crippen molar-refractivity contribution in [2.45, 2.75) is 24.8 Å². The second-order valence-corrected chi connectivity index (χ2v) is 6.52. The van der Waals surface area contributed by atoms with Gasteiger partial charge in [-0.25, -0.2) is 13.1 Å². The molecule has 1 atom stereocenters. The van der Waals surface area contributed by atoms with E-state index in [1.165, 1.54) is 19.1 Å². The zero-order valence-electron chi connectivity index (χ0n) is 12.3. The zero-order chi connectivity index (χ0) is 16.2. The van der Waals surface area contributed by atoms with E-state index in [0.717, 1.165) is 0 Å². The van der Waals surface area contributed by atoms with Gasteiger partial charge in [0.15, 0.2) is 0 Å². The number of benzene rings is 1. The monoisotopic (exact) mass is 319 g/mol. The topological polar surface area (TPSA) is 88.2 Å². The van der Waals surface area contributed by atoms with Crippen LogP contribution >= 0.6 is 0 Å². The molecule has 0 saturated heterocycles. The molecule has 1 heterocycles. The summed E-state index contributed by atoms with van der Waals surface area (Å²) in [4.78, 5) is 15.2. The number of sulfonamides is 1. The molecule has 116 valence electrons. The fourth-order valence-corrected chi connectivity index (χ4v) is 3.13. The molecular weight excluding hydrogens is 302 g/mol. The van der Waals surface area contributed by atoms with Crippen LogP contribution in [0.4, 0.5) is 5.69 Å². The van der Waals surface area contributed by atoms with Crippen molar-refractivity contribution in [3.63, 3.8) is 0 Å². The lowest BCUT2D eigenvalue weighted by Gasteiger charge is -2.14. The summed E-state index contributed by atoms with van der Waals surface area (Å²) >= 11 is 0. The Morgan fingerprint density at radius 1 is 1.14 bits per heavy atom. The molecular formula is C15H17N3O3S. The van der Waals surface area contributed by atoms with Crippen molar-refractivity contribution in [3.05, 3.63) is 54.4 Å². The molecule has 0 unspecified atom stereocenters. The molecule has 1 aromatic carbocycles. The first-order valence-electron chi connectivity index (χ1n) is 6.69. The Balaban J connectivity index is 2.15. The van der Waals surface area contributed by atoms with E-state index < -0.39 is 16.1 Å². The summed E-state index contributed by atoms with van der Waals surface area (Å²) in [6.45, 7) is 3.12. The van der Waals surface area contributed by atoms with Gasteiger partial charge in [0, 0.05) is 18.8 Å². The molecule has 7 heteroatoms. The first-order chi connectivity index (χ1) is 10.4. The van der Waals surface area contributed by atoms with Crippen LogP contribution < -0.4 is 10.0 Å². The summed E-state index contributed by atoms with van der Waals surface area (Å²) in [5.74, 6) is -0.211. The Bertz CT molecular complexity index is 743. The summed E-state index contributed by atoms with van der Waals surface area (Å²) in [7, 11) is -3.66. The molecule has 2 N–H and O–H groups in total. The summed E-state index contributed by atoms with van der Waals surface area (Å²) in [5, 5.41) is 2.59. The molecule has 0 saturated carbocycles. The van der Waals surface area contributed by atoms with Gasteiger partial charge >= 0.3 is 0 Å². The SMILES string of the molecule is CC(=O)Nc1ccc(S(=O)(=O)N[C@H](C)c2ccccn2)cc1. The van der Waals surface area contributed by atoms with Crippen molar-refractivity contribution < 1.29 is 13.2 Å². The summed E-state index contributed by atoms with van der Waals surface area (Å²) in [6.07, 6.45) is 1.61. The van der Waals surface area contributed by atoms with E-state index in [2.05, 4.69) is 15.0 Å². The van der Waals surface area contributed by atoms with Gasteiger partial charge in [0.05, 0.1) is 16.6 Å². The van der Waals surface area contributed by atoms with Crippen molar-refractivity contribution >= 4 is 21.6 Å². The predicted molar refractivity (Wildman–Crippen MR) is 83.7 cm³/mol. The quantitative estimate of drug-likeness (QED) is 0.883. The molecule has 2 aromatic rings. The normalized spacial score (nSPS) is 12.6. The maximum Gasteiger partial charge on any atom is 0.241 e. The van der Waals surface area contributed by atoms with Gasteiger partial charge in [0.25, 0.3) is 0 Å². The molecule has 0 aliphatic rings. The fourth-order valence-electron chi connectivity index (χ4n) is 1.91. The van der Waals surface area contributed by atoms with Crippen LogP contribution in [0.5, 0.6) is 0 Å². The summed E-state index contributed by atoms with van der Waals surface area (Å²) < 4.78 is 27.2. The highest BCUT2D eigenvalue weighted by Gasteiger charge is 2.18. The Hall–Kier alpha value is -2.25. The summed E-state index contributed by atoms with van der Waals surface area (Å²) in [6, 6.07) is 10.9. The van der Waals surface area contributed by atoms with E-state index in [1.54, 1.807) is 43.5 Å². The van der Waals surface area contributed by atoms with E-state index in [4.69, 9.17) is 0 Å². The molecule has 0 bridgehead atoms. The number of carbonyl (C=O) groups is 1. The molecule has 22 heavy (non-hydrogen) atoms. The number of carbonyl (C=O) groups excluding carboxylic acids is 1. The van der Waals surface area contributed by atoms with Crippen LogP contribution in [0, 0.1) is 0 Å². The number of hydrogen-bond donors (Lipinski definition) is 2. The van der Waals surface area contributed by atoms with Crippen molar-refractivity contribution in [1.82, 2.24) is 9.71 Å². The average molecular weight is 319 g/mol. The van der Waals surface area contributed by atoms with Gasteiger partial charge in [-0.3, -0.25) is 9.78 Å². The maximum atomic E-state index is 12.3.